The number of hydrogen-bond acceptors (Lipinski definition) is 5. The molecule has 0 fully saturated rings. The van der Waals surface area contributed by atoms with Crippen LogP contribution >= 0.6 is 22.9 Å². The second-order valence-corrected chi connectivity index (χ2v) is 6.07. The Labute approximate surface area is 129 Å². The number of nitrogens with two attached hydrogens (primary N) is 1. The molecule has 2 aromatic rings. The van der Waals surface area contributed by atoms with E-state index >= 15 is 0 Å². The SMILES string of the molecule is Cc1nc(N)sc1C(=O)Nc1cc2c(cc1Cl)NC(=O)C2. The van der Waals surface area contributed by atoms with Crippen LogP contribution in [0.2, 0.25) is 5.02 Å². The van der Waals surface area contributed by atoms with Crippen molar-refractivity contribution in [3.8, 4) is 0 Å². The lowest BCUT2D eigenvalue weighted by molar-refractivity contribution is -0.115. The molecule has 1 aliphatic heterocycles. The second kappa shape index (κ2) is 5.01. The summed E-state index contributed by atoms with van der Waals surface area (Å²) >= 11 is 7.25. The summed E-state index contributed by atoms with van der Waals surface area (Å²) in [6, 6.07) is 3.33. The molecule has 108 valence electrons. The van der Waals surface area contributed by atoms with Crippen molar-refractivity contribution in [2.75, 3.05) is 16.4 Å². The number of anilines is 3. The number of aromatic nitrogens is 1. The van der Waals surface area contributed by atoms with Gasteiger partial charge in [-0.2, -0.15) is 0 Å². The van der Waals surface area contributed by atoms with Crippen LogP contribution < -0.4 is 16.4 Å². The quantitative estimate of drug-likeness (QED) is 0.791. The number of halogens is 1. The molecule has 2 amide bonds. The molecule has 0 radical (unpaired) electrons. The summed E-state index contributed by atoms with van der Waals surface area (Å²) in [5.74, 6) is -0.406. The Kier molecular flexibility index (Phi) is 3.30. The summed E-state index contributed by atoms with van der Waals surface area (Å²) in [5, 5.41) is 6.13. The summed E-state index contributed by atoms with van der Waals surface area (Å²) in [4.78, 5) is 28.0. The maximum atomic E-state index is 12.2. The Morgan fingerprint density at radius 3 is 2.95 bits per heavy atom. The van der Waals surface area contributed by atoms with E-state index in [9.17, 15) is 9.59 Å². The van der Waals surface area contributed by atoms with Gasteiger partial charge in [-0.05, 0) is 24.6 Å². The molecule has 0 bridgehead atoms. The zero-order valence-corrected chi connectivity index (χ0v) is 12.6. The minimum Gasteiger partial charge on any atom is -0.375 e. The Bertz CT molecular complexity index is 772. The number of amides is 2. The number of thiazole rings is 1. The van der Waals surface area contributed by atoms with Crippen molar-refractivity contribution in [1.29, 1.82) is 0 Å². The highest BCUT2D eigenvalue weighted by Crippen LogP contribution is 2.33. The Morgan fingerprint density at radius 1 is 1.52 bits per heavy atom. The minimum absolute atomic E-state index is 0.0874. The molecular formula is C13H11ClN4O2S. The zero-order chi connectivity index (χ0) is 15.1. The first-order chi connectivity index (χ1) is 9.94. The van der Waals surface area contributed by atoms with Gasteiger partial charge in [-0.3, -0.25) is 9.59 Å². The summed E-state index contributed by atoms with van der Waals surface area (Å²) in [6.45, 7) is 1.72. The van der Waals surface area contributed by atoms with Crippen LogP contribution in [0.25, 0.3) is 0 Å². The van der Waals surface area contributed by atoms with Gasteiger partial charge in [0.25, 0.3) is 5.91 Å². The monoisotopic (exact) mass is 322 g/mol. The molecule has 8 heteroatoms. The third-order valence-corrected chi connectivity index (χ3v) is 4.38. The van der Waals surface area contributed by atoms with Crippen molar-refractivity contribution in [1.82, 2.24) is 4.98 Å². The molecule has 0 atom stereocenters. The third-order valence-electron chi connectivity index (χ3n) is 3.09. The van der Waals surface area contributed by atoms with Crippen LogP contribution in [0.3, 0.4) is 0 Å². The van der Waals surface area contributed by atoms with Gasteiger partial charge in [0.15, 0.2) is 5.13 Å². The number of aryl methyl sites for hydroxylation is 1. The minimum atomic E-state index is -0.319. The normalized spacial score (nSPS) is 13.0. The molecule has 1 aromatic carbocycles. The van der Waals surface area contributed by atoms with E-state index in [4.69, 9.17) is 17.3 Å². The lowest BCUT2D eigenvalue weighted by Gasteiger charge is -2.09. The van der Waals surface area contributed by atoms with Crippen LogP contribution in [-0.4, -0.2) is 16.8 Å². The molecule has 21 heavy (non-hydrogen) atoms. The average molecular weight is 323 g/mol. The maximum absolute atomic E-state index is 12.2. The smallest absolute Gasteiger partial charge is 0.267 e. The number of nitrogen functional groups attached to an aromatic ring is 1. The molecule has 0 unspecified atom stereocenters. The van der Waals surface area contributed by atoms with Crippen molar-refractivity contribution in [3.05, 3.63) is 33.3 Å². The molecule has 3 rings (SSSR count). The Morgan fingerprint density at radius 2 is 2.29 bits per heavy atom. The van der Waals surface area contributed by atoms with Crippen LogP contribution in [0.4, 0.5) is 16.5 Å². The first kappa shape index (κ1) is 13.8. The highest BCUT2D eigenvalue weighted by molar-refractivity contribution is 7.17. The second-order valence-electron chi connectivity index (χ2n) is 4.63. The predicted octanol–water partition coefficient (Wildman–Crippen LogP) is 2.43. The summed E-state index contributed by atoms with van der Waals surface area (Å²) in [7, 11) is 0. The van der Waals surface area contributed by atoms with E-state index in [-0.39, 0.29) is 18.2 Å². The fraction of sp³-hybridized carbons (Fsp3) is 0.154. The lowest BCUT2D eigenvalue weighted by atomic mass is 10.1. The van der Waals surface area contributed by atoms with Crippen molar-refractivity contribution in [2.45, 2.75) is 13.3 Å². The van der Waals surface area contributed by atoms with Gasteiger partial charge in [0.1, 0.15) is 4.88 Å². The van der Waals surface area contributed by atoms with Gasteiger partial charge < -0.3 is 16.4 Å². The number of nitrogens with one attached hydrogen (secondary N) is 2. The number of carbonyl (C=O) groups is 2. The van der Waals surface area contributed by atoms with Crippen molar-refractivity contribution in [3.63, 3.8) is 0 Å². The van der Waals surface area contributed by atoms with Crippen LogP contribution in [0.1, 0.15) is 20.9 Å². The van der Waals surface area contributed by atoms with Crippen molar-refractivity contribution >= 4 is 51.3 Å². The maximum Gasteiger partial charge on any atom is 0.267 e. The number of hydrogen-bond donors (Lipinski definition) is 3. The van der Waals surface area contributed by atoms with Gasteiger partial charge in [-0.1, -0.05) is 22.9 Å². The van der Waals surface area contributed by atoms with E-state index in [2.05, 4.69) is 15.6 Å². The molecule has 4 N–H and O–H groups in total. The van der Waals surface area contributed by atoms with Crippen LogP contribution in [0.15, 0.2) is 12.1 Å². The van der Waals surface area contributed by atoms with E-state index in [1.807, 2.05) is 0 Å². The van der Waals surface area contributed by atoms with E-state index in [0.29, 0.717) is 32.1 Å². The molecule has 0 saturated carbocycles. The standard InChI is InChI=1S/C13H11ClN4O2S/c1-5-11(21-13(15)16-5)12(20)18-9-2-6-3-10(19)17-8(6)4-7(9)14/h2,4H,3H2,1H3,(H2,15,16)(H,17,19)(H,18,20). The summed E-state index contributed by atoms with van der Waals surface area (Å²) in [5.41, 5.74) is 8.11. The first-order valence-corrected chi connectivity index (χ1v) is 7.30. The topological polar surface area (TPSA) is 97.1 Å². The third kappa shape index (κ3) is 2.57. The van der Waals surface area contributed by atoms with E-state index < -0.39 is 0 Å². The largest absolute Gasteiger partial charge is 0.375 e. The predicted molar refractivity (Wildman–Crippen MR) is 83.0 cm³/mol. The van der Waals surface area contributed by atoms with Crippen LogP contribution in [0, 0.1) is 6.92 Å². The van der Waals surface area contributed by atoms with E-state index in [0.717, 1.165) is 16.9 Å². The Hall–Kier alpha value is -2.12. The molecule has 0 saturated heterocycles. The molecular weight excluding hydrogens is 312 g/mol. The molecule has 6 nitrogen and oxygen atoms in total. The number of carbonyl (C=O) groups excluding carboxylic acids is 2. The number of rotatable bonds is 2. The number of benzene rings is 1. The van der Waals surface area contributed by atoms with E-state index in [1.165, 1.54) is 0 Å². The molecule has 2 heterocycles. The highest BCUT2D eigenvalue weighted by Gasteiger charge is 2.21. The van der Waals surface area contributed by atoms with Gasteiger partial charge in [-0.15, -0.1) is 0 Å². The Balaban J connectivity index is 1.89. The number of nitrogens with zero attached hydrogens (tertiary/aromatic N) is 1. The van der Waals surface area contributed by atoms with Crippen LogP contribution in [-0.2, 0) is 11.2 Å². The van der Waals surface area contributed by atoms with Crippen molar-refractivity contribution < 1.29 is 9.59 Å². The molecule has 0 spiro atoms. The summed E-state index contributed by atoms with van der Waals surface area (Å²) < 4.78 is 0. The average Bonchev–Trinajstić information content (AvgIpc) is 2.91. The zero-order valence-electron chi connectivity index (χ0n) is 11.0. The van der Waals surface area contributed by atoms with Gasteiger partial charge in [0.05, 0.1) is 22.8 Å². The molecule has 1 aromatic heterocycles. The summed E-state index contributed by atoms with van der Waals surface area (Å²) in [6.07, 6.45) is 0.280. The van der Waals surface area contributed by atoms with Gasteiger partial charge in [-0.25, -0.2) is 4.98 Å². The first-order valence-electron chi connectivity index (χ1n) is 6.10. The fourth-order valence-corrected chi connectivity index (χ4v) is 3.09. The number of fused-ring (bicyclic) bond motifs is 1. The molecule has 1 aliphatic rings. The van der Waals surface area contributed by atoms with E-state index in [1.54, 1.807) is 19.1 Å². The van der Waals surface area contributed by atoms with Gasteiger partial charge in [0, 0.05) is 5.69 Å². The van der Waals surface area contributed by atoms with Gasteiger partial charge in [0.2, 0.25) is 5.91 Å². The van der Waals surface area contributed by atoms with Crippen molar-refractivity contribution in [2.24, 2.45) is 0 Å². The highest BCUT2D eigenvalue weighted by atomic mass is 35.5. The lowest BCUT2D eigenvalue weighted by Crippen LogP contribution is -2.12. The van der Waals surface area contributed by atoms with Crippen LogP contribution in [0.5, 0.6) is 0 Å². The van der Waals surface area contributed by atoms with Gasteiger partial charge >= 0.3 is 0 Å². The fourth-order valence-electron chi connectivity index (χ4n) is 2.15. The molecule has 0 aliphatic carbocycles.